The van der Waals surface area contributed by atoms with E-state index in [4.69, 9.17) is 5.26 Å². The number of aryl methyl sites for hydroxylation is 2. The number of aromatic nitrogens is 2. The quantitative estimate of drug-likeness (QED) is 0.788. The van der Waals surface area contributed by atoms with Crippen LogP contribution in [0.5, 0.6) is 0 Å². The molecule has 0 amide bonds. The van der Waals surface area contributed by atoms with Crippen molar-refractivity contribution in [2.75, 3.05) is 0 Å². The maximum absolute atomic E-state index is 8.59. The first kappa shape index (κ1) is 12.4. The van der Waals surface area contributed by atoms with Crippen LogP contribution in [0.4, 0.5) is 0 Å². The van der Waals surface area contributed by atoms with Crippen molar-refractivity contribution >= 4 is 0 Å². The number of imidazole rings is 1. The van der Waals surface area contributed by atoms with Crippen molar-refractivity contribution in [3.05, 3.63) is 53.6 Å². The lowest BCUT2D eigenvalue weighted by Crippen LogP contribution is -1.91. The number of unbranched alkanes of at least 4 members (excludes halogenated alkanes) is 1. The van der Waals surface area contributed by atoms with E-state index in [-0.39, 0.29) is 0 Å². The Kier molecular flexibility index (Phi) is 4.54. The number of H-pyrrole nitrogens is 1. The Morgan fingerprint density at radius 3 is 2.44 bits per heavy atom. The lowest BCUT2D eigenvalue weighted by molar-refractivity contribution is 0.713. The van der Waals surface area contributed by atoms with Crippen molar-refractivity contribution in [3.8, 4) is 6.07 Å². The molecule has 0 unspecified atom stereocenters. The van der Waals surface area contributed by atoms with E-state index in [9.17, 15) is 0 Å². The molecule has 2 rings (SSSR count). The van der Waals surface area contributed by atoms with E-state index in [1.807, 2.05) is 18.3 Å². The lowest BCUT2D eigenvalue weighted by Gasteiger charge is -2.02. The van der Waals surface area contributed by atoms with Crippen molar-refractivity contribution in [2.24, 2.45) is 0 Å². The molecule has 0 atom stereocenters. The Bertz CT molecular complexity index is 492. The van der Waals surface area contributed by atoms with Crippen LogP contribution >= 0.6 is 0 Å². The molecule has 0 aliphatic heterocycles. The first-order chi connectivity index (χ1) is 8.88. The number of rotatable bonds is 6. The number of hydrogen-bond donors (Lipinski definition) is 1. The highest BCUT2D eigenvalue weighted by molar-refractivity contribution is 5.24. The van der Waals surface area contributed by atoms with Gasteiger partial charge in [0.15, 0.2) is 0 Å². The average Bonchev–Trinajstić information content (AvgIpc) is 2.90. The monoisotopic (exact) mass is 239 g/mol. The van der Waals surface area contributed by atoms with Gasteiger partial charge in [0.2, 0.25) is 0 Å². The Hall–Kier alpha value is -2.08. The lowest BCUT2D eigenvalue weighted by atomic mass is 10.0. The highest BCUT2D eigenvalue weighted by Gasteiger charge is 1.97. The molecule has 1 heterocycles. The van der Waals surface area contributed by atoms with Gasteiger partial charge in [-0.2, -0.15) is 5.26 Å². The fraction of sp³-hybridized carbons (Fsp3) is 0.333. The molecule has 1 N–H and O–H groups in total. The molecule has 1 aromatic heterocycles. The maximum Gasteiger partial charge on any atom is 0.105 e. The van der Waals surface area contributed by atoms with Crippen molar-refractivity contribution < 1.29 is 0 Å². The van der Waals surface area contributed by atoms with Crippen LogP contribution in [0.2, 0.25) is 0 Å². The molecule has 0 radical (unpaired) electrons. The minimum Gasteiger partial charge on any atom is -0.349 e. The summed E-state index contributed by atoms with van der Waals surface area (Å²) in [6.07, 6.45) is 8.57. The highest BCUT2D eigenvalue weighted by Crippen LogP contribution is 2.09. The van der Waals surface area contributed by atoms with Crippen LogP contribution < -0.4 is 0 Å². The molecule has 0 aliphatic carbocycles. The second kappa shape index (κ2) is 6.61. The molecular formula is C15H17N3. The maximum atomic E-state index is 8.59. The smallest absolute Gasteiger partial charge is 0.105 e. The number of nitrogens with zero attached hydrogens (tertiary/aromatic N) is 2. The predicted octanol–water partition coefficient (Wildman–Crippen LogP) is 3.04. The van der Waals surface area contributed by atoms with Crippen LogP contribution in [0.1, 0.15) is 29.8 Å². The summed E-state index contributed by atoms with van der Waals surface area (Å²) < 4.78 is 0. The summed E-state index contributed by atoms with van der Waals surface area (Å²) in [6, 6.07) is 10.5. The van der Waals surface area contributed by atoms with E-state index in [2.05, 4.69) is 28.2 Å². The van der Waals surface area contributed by atoms with Gasteiger partial charge in [0.25, 0.3) is 0 Å². The number of aromatic amines is 1. The van der Waals surface area contributed by atoms with E-state index in [1.165, 1.54) is 5.56 Å². The average molecular weight is 239 g/mol. The molecule has 92 valence electrons. The standard InChI is InChI=1S/C15H17N3/c16-10-9-14-7-5-13(6-8-14)3-1-2-4-15-17-11-12-18-15/h5-8,11-12H,1-4,9H2,(H,17,18). The SMILES string of the molecule is N#CCc1ccc(CCCCc2ncc[nH]2)cc1. The van der Waals surface area contributed by atoms with E-state index in [0.717, 1.165) is 37.1 Å². The van der Waals surface area contributed by atoms with Crippen molar-refractivity contribution in [2.45, 2.75) is 32.1 Å². The Morgan fingerprint density at radius 2 is 1.78 bits per heavy atom. The zero-order valence-electron chi connectivity index (χ0n) is 10.4. The molecule has 3 heteroatoms. The summed E-state index contributed by atoms with van der Waals surface area (Å²) in [5.74, 6) is 1.07. The third-order valence-electron chi connectivity index (χ3n) is 2.99. The van der Waals surface area contributed by atoms with E-state index in [0.29, 0.717) is 6.42 Å². The highest BCUT2D eigenvalue weighted by atomic mass is 14.9. The first-order valence-electron chi connectivity index (χ1n) is 6.31. The van der Waals surface area contributed by atoms with Gasteiger partial charge in [-0.3, -0.25) is 0 Å². The molecular weight excluding hydrogens is 222 g/mol. The van der Waals surface area contributed by atoms with Gasteiger partial charge in [0.05, 0.1) is 12.5 Å². The van der Waals surface area contributed by atoms with Gasteiger partial charge in [0, 0.05) is 18.8 Å². The van der Waals surface area contributed by atoms with E-state index in [1.54, 1.807) is 6.20 Å². The fourth-order valence-corrected chi connectivity index (χ4v) is 1.97. The topological polar surface area (TPSA) is 52.5 Å². The number of nitrogens with one attached hydrogen (secondary N) is 1. The minimum atomic E-state index is 0.499. The van der Waals surface area contributed by atoms with Crippen LogP contribution in [0.25, 0.3) is 0 Å². The number of hydrogen-bond acceptors (Lipinski definition) is 2. The summed E-state index contributed by atoms with van der Waals surface area (Å²) in [4.78, 5) is 7.32. The Balaban J connectivity index is 1.71. The number of benzene rings is 1. The Morgan fingerprint density at radius 1 is 1.06 bits per heavy atom. The minimum absolute atomic E-state index is 0.499. The third kappa shape index (κ3) is 3.74. The molecule has 0 bridgehead atoms. The van der Waals surface area contributed by atoms with Crippen LogP contribution in [-0.2, 0) is 19.3 Å². The van der Waals surface area contributed by atoms with Gasteiger partial charge in [0.1, 0.15) is 5.82 Å². The third-order valence-corrected chi connectivity index (χ3v) is 2.99. The molecule has 18 heavy (non-hydrogen) atoms. The summed E-state index contributed by atoms with van der Waals surface area (Å²) in [6.45, 7) is 0. The summed E-state index contributed by atoms with van der Waals surface area (Å²) in [7, 11) is 0. The molecule has 1 aromatic carbocycles. The van der Waals surface area contributed by atoms with Crippen LogP contribution in [0, 0.1) is 11.3 Å². The van der Waals surface area contributed by atoms with Gasteiger partial charge in [-0.25, -0.2) is 4.98 Å². The van der Waals surface area contributed by atoms with Crippen LogP contribution in [-0.4, -0.2) is 9.97 Å². The molecule has 3 nitrogen and oxygen atoms in total. The van der Waals surface area contributed by atoms with Crippen molar-refractivity contribution in [3.63, 3.8) is 0 Å². The largest absolute Gasteiger partial charge is 0.349 e. The van der Waals surface area contributed by atoms with Gasteiger partial charge in [-0.15, -0.1) is 0 Å². The van der Waals surface area contributed by atoms with Crippen molar-refractivity contribution in [1.82, 2.24) is 9.97 Å². The molecule has 0 spiro atoms. The normalized spacial score (nSPS) is 10.2. The fourth-order valence-electron chi connectivity index (χ4n) is 1.97. The summed E-state index contributed by atoms with van der Waals surface area (Å²) in [5, 5.41) is 8.59. The second-order valence-corrected chi connectivity index (χ2v) is 4.39. The molecule has 0 aliphatic rings. The molecule has 0 fully saturated rings. The van der Waals surface area contributed by atoms with Crippen LogP contribution in [0.3, 0.4) is 0 Å². The summed E-state index contributed by atoms with van der Waals surface area (Å²) >= 11 is 0. The van der Waals surface area contributed by atoms with Gasteiger partial charge >= 0.3 is 0 Å². The Labute approximate surface area is 107 Å². The summed E-state index contributed by atoms with van der Waals surface area (Å²) in [5.41, 5.74) is 2.44. The van der Waals surface area contributed by atoms with Gasteiger partial charge in [-0.05, 0) is 30.4 Å². The molecule has 0 saturated carbocycles. The number of nitriles is 1. The molecule has 0 saturated heterocycles. The molecule has 2 aromatic rings. The van der Waals surface area contributed by atoms with Gasteiger partial charge in [-0.1, -0.05) is 24.3 Å². The predicted molar refractivity (Wildman–Crippen MR) is 71.0 cm³/mol. The first-order valence-corrected chi connectivity index (χ1v) is 6.31. The van der Waals surface area contributed by atoms with Crippen molar-refractivity contribution in [1.29, 1.82) is 5.26 Å². The van der Waals surface area contributed by atoms with Gasteiger partial charge < -0.3 is 4.98 Å². The zero-order chi connectivity index (χ0) is 12.6. The second-order valence-electron chi connectivity index (χ2n) is 4.39. The van der Waals surface area contributed by atoms with Crippen LogP contribution in [0.15, 0.2) is 36.7 Å². The van der Waals surface area contributed by atoms with E-state index >= 15 is 0 Å². The zero-order valence-corrected chi connectivity index (χ0v) is 10.4. The van der Waals surface area contributed by atoms with E-state index < -0.39 is 0 Å².